The van der Waals surface area contributed by atoms with Crippen molar-refractivity contribution in [2.75, 3.05) is 5.32 Å². The molecule has 3 aromatic rings. The highest BCUT2D eigenvalue weighted by Crippen LogP contribution is 2.31. The molecule has 0 saturated carbocycles. The predicted molar refractivity (Wildman–Crippen MR) is 102 cm³/mol. The third-order valence-electron chi connectivity index (χ3n) is 4.04. The highest BCUT2D eigenvalue weighted by molar-refractivity contribution is 7.85. The Balaban J connectivity index is 1.87. The molecule has 0 aliphatic carbocycles. The summed E-state index contributed by atoms with van der Waals surface area (Å²) in [4.78, 5) is 12.1. The lowest BCUT2D eigenvalue weighted by atomic mass is 10.2. The minimum absolute atomic E-state index is 0.0107. The Morgan fingerprint density at radius 1 is 1.00 bits per heavy atom. The molecule has 0 bridgehead atoms. The molecule has 0 aliphatic rings. The number of hydrogen-bond donors (Lipinski definition) is 1. The summed E-state index contributed by atoms with van der Waals surface area (Å²) in [6.07, 6.45) is -4.59. The Morgan fingerprint density at radius 3 is 2.33 bits per heavy atom. The lowest BCUT2D eigenvalue weighted by Crippen LogP contribution is -2.12. The zero-order valence-corrected chi connectivity index (χ0v) is 15.9. The van der Waals surface area contributed by atoms with Gasteiger partial charge in [-0.05, 0) is 60.7 Å². The topological polar surface area (TPSA) is 70.0 Å². The number of anilines is 1. The molecule has 0 fully saturated rings. The van der Waals surface area contributed by atoms with Crippen molar-refractivity contribution in [1.82, 2.24) is 0 Å². The van der Waals surface area contributed by atoms with Crippen molar-refractivity contribution in [3.8, 4) is 6.07 Å². The first-order valence-electron chi connectivity index (χ1n) is 8.39. The van der Waals surface area contributed by atoms with Gasteiger partial charge in [-0.1, -0.05) is 6.07 Å². The smallest absolute Gasteiger partial charge is 0.322 e. The number of carbonyl (C=O) groups is 1. The zero-order chi connectivity index (χ0) is 21.9. The summed E-state index contributed by atoms with van der Waals surface area (Å²) in [5, 5.41) is 11.9. The molecule has 3 aromatic carbocycles. The van der Waals surface area contributed by atoms with E-state index in [1.54, 1.807) is 0 Å². The predicted octanol–water partition coefficient (Wildman–Crippen LogP) is 5.14. The van der Waals surface area contributed by atoms with Gasteiger partial charge in [0.25, 0.3) is 5.91 Å². The average Bonchev–Trinajstić information content (AvgIpc) is 2.73. The Morgan fingerprint density at radius 2 is 1.70 bits per heavy atom. The SMILES string of the molecule is N#Cc1cc(NC(=O)c2ccc(F)cc2)ccc1[S@@](=O)c1cccc(C(F)(F)F)c1. The van der Waals surface area contributed by atoms with Gasteiger partial charge in [0.1, 0.15) is 11.9 Å². The van der Waals surface area contributed by atoms with E-state index in [0.29, 0.717) is 0 Å². The van der Waals surface area contributed by atoms with Gasteiger partial charge in [0.05, 0.1) is 26.8 Å². The summed E-state index contributed by atoms with van der Waals surface area (Å²) in [6, 6.07) is 14.6. The molecule has 3 rings (SSSR count). The summed E-state index contributed by atoms with van der Waals surface area (Å²) < 4.78 is 64.4. The number of benzene rings is 3. The van der Waals surface area contributed by atoms with E-state index in [0.717, 1.165) is 30.3 Å². The van der Waals surface area contributed by atoms with E-state index in [1.807, 2.05) is 6.07 Å². The molecule has 1 N–H and O–H groups in total. The molecule has 1 atom stereocenters. The van der Waals surface area contributed by atoms with E-state index in [2.05, 4.69) is 5.32 Å². The van der Waals surface area contributed by atoms with Crippen molar-refractivity contribution in [2.45, 2.75) is 16.0 Å². The van der Waals surface area contributed by atoms with Gasteiger partial charge in [0.15, 0.2) is 0 Å². The molecule has 0 saturated heterocycles. The zero-order valence-electron chi connectivity index (χ0n) is 15.0. The summed E-state index contributed by atoms with van der Waals surface area (Å²) in [5.74, 6) is -1.05. The second-order valence-corrected chi connectivity index (χ2v) is 7.53. The molecule has 9 heteroatoms. The second-order valence-electron chi connectivity index (χ2n) is 6.08. The molecular formula is C21H12F4N2O2S. The van der Waals surface area contributed by atoms with Crippen LogP contribution in [0.3, 0.4) is 0 Å². The van der Waals surface area contributed by atoms with Crippen molar-refractivity contribution in [1.29, 1.82) is 5.26 Å². The van der Waals surface area contributed by atoms with Crippen LogP contribution in [0.2, 0.25) is 0 Å². The van der Waals surface area contributed by atoms with Crippen LogP contribution >= 0.6 is 0 Å². The Kier molecular flexibility index (Phi) is 5.99. The molecule has 0 spiro atoms. The van der Waals surface area contributed by atoms with Crippen LogP contribution in [0, 0.1) is 17.1 Å². The first-order valence-corrected chi connectivity index (χ1v) is 9.54. The van der Waals surface area contributed by atoms with E-state index in [-0.39, 0.29) is 26.6 Å². The number of nitrogens with one attached hydrogen (secondary N) is 1. The molecular weight excluding hydrogens is 420 g/mol. The largest absolute Gasteiger partial charge is 0.416 e. The van der Waals surface area contributed by atoms with Gasteiger partial charge in [0.2, 0.25) is 0 Å². The Hall–Kier alpha value is -3.51. The van der Waals surface area contributed by atoms with E-state index in [4.69, 9.17) is 0 Å². The van der Waals surface area contributed by atoms with Gasteiger partial charge >= 0.3 is 6.18 Å². The summed E-state index contributed by atoms with van der Waals surface area (Å²) >= 11 is 0. The van der Waals surface area contributed by atoms with Crippen molar-refractivity contribution in [3.05, 3.63) is 89.2 Å². The van der Waals surface area contributed by atoms with Crippen LogP contribution in [0.5, 0.6) is 0 Å². The lowest BCUT2D eigenvalue weighted by molar-refractivity contribution is -0.137. The highest BCUT2D eigenvalue weighted by Gasteiger charge is 2.31. The van der Waals surface area contributed by atoms with Crippen LogP contribution in [0.15, 0.2) is 76.5 Å². The minimum atomic E-state index is -4.59. The molecule has 0 aromatic heterocycles. The second kappa shape index (κ2) is 8.47. The summed E-state index contributed by atoms with van der Waals surface area (Å²) in [6.45, 7) is 0. The maximum absolute atomic E-state index is 13.0. The molecule has 0 aliphatic heterocycles. The number of nitriles is 1. The Labute approximate surface area is 171 Å². The maximum atomic E-state index is 13.0. The number of rotatable bonds is 4. The van der Waals surface area contributed by atoms with Crippen molar-refractivity contribution in [3.63, 3.8) is 0 Å². The van der Waals surface area contributed by atoms with Gasteiger partial charge in [-0.25, -0.2) is 8.60 Å². The maximum Gasteiger partial charge on any atom is 0.416 e. The van der Waals surface area contributed by atoms with Crippen LogP contribution in [-0.2, 0) is 17.0 Å². The van der Waals surface area contributed by atoms with Gasteiger partial charge < -0.3 is 5.32 Å². The number of alkyl halides is 3. The van der Waals surface area contributed by atoms with Crippen LogP contribution in [-0.4, -0.2) is 10.1 Å². The number of carbonyl (C=O) groups excluding carboxylic acids is 1. The van der Waals surface area contributed by atoms with Gasteiger partial charge in [0, 0.05) is 16.1 Å². The Bertz CT molecular complexity index is 1170. The third kappa shape index (κ3) is 4.72. The molecule has 0 heterocycles. The normalized spacial score (nSPS) is 12.1. The van der Waals surface area contributed by atoms with Crippen LogP contribution < -0.4 is 5.32 Å². The number of nitrogens with zero attached hydrogens (tertiary/aromatic N) is 1. The fraction of sp³-hybridized carbons (Fsp3) is 0.0476. The molecule has 0 radical (unpaired) electrons. The number of hydrogen-bond acceptors (Lipinski definition) is 3. The standard InChI is InChI=1S/C21H12F4N2O2S/c22-16-6-4-13(5-7-16)20(28)27-17-8-9-19(14(10-17)12-26)30(29)18-3-1-2-15(11-18)21(23,24)25/h1-11H,(H,27,28)/t30-/m0/s1. The lowest BCUT2D eigenvalue weighted by Gasteiger charge is -2.11. The first-order chi connectivity index (χ1) is 14.2. The first kappa shape index (κ1) is 21.2. The molecule has 1 amide bonds. The monoisotopic (exact) mass is 432 g/mol. The third-order valence-corrected chi connectivity index (χ3v) is 5.48. The number of halogens is 4. The van der Waals surface area contributed by atoms with Gasteiger partial charge in [-0.2, -0.15) is 18.4 Å². The van der Waals surface area contributed by atoms with E-state index in [1.165, 1.54) is 36.4 Å². The van der Waals surface area contributed by atoms with Crippen molar-refractivity contribution in [2.24, 2.45) is 0 Å². The fourth-order valence-electron chi connectivity index (χ4n) is 2.58. The number of amides is 1. The van der Waals surface area contributed by atoms with Crippen molar-refractivity contribution >= 4 is 22.4 Å². The highest BCUT2D eigenvalue weighted by atomic mass is 32.2. The minimum Gasteiger partial charge on any atom is -0.322 e. The van der Waals surface area contributed by atoms with E-state index >= 15 is 0 Å². The molecule has 152 valence electrons. The molecule has 4 nitrogen and oxygen atoms in total. The quantitative estimate of drug-likeness (QED) is 0.581. The molecule has 30 heavy (non-hydrogen) atoms. The summed E-state index contributed by atoms with van der Waals surface area (Å²) in [7, 11) is -2.04. The fourth-order valence-corrected chi connectivity index (χ4v) is 3.76. The van der Waals surface area contributed by atoms with Crippen molar-refractivity contribution < 1.29 is 26.6 Å². The molecule has 0 unspecified atom stereocenters. The van der Waals surface area contributed by atoms with E-state index in [9.17, 15) is 31.8 Å². The van der Waals surface area contributed by atoms with E-state index < -0.39 is 34.3 Å². The van der Waals surface area contributed by atoms with Crippen LogP contribution in [0.1, 0.15) is 21.5 Å². The van der Waals surface area contributed by atoms with Crippen LogP contribution in [0.4, 0.5) is 23.2 Å². The van der Waals surface area contributed by atoms with Crippen LogP contribution in [0.25, 0.3) is 0 Å². The average molecular weight is 432 g/mol. The van der Waals surface area contributed by atoms with Gasteiger partial charge in [-0.3, -0.25) is 4.79 Å². The van der Waals surface area contributed by atoms with Gasteiger partial charge in [-0.15, -0.1) is 0 Å². The summed E-state index contributed by atoms with van der Waals surface area (Å²) in [5.41, 5.74) is -0.616.